The Balaban J connectivity index is 2.04. The van der Waals surface area contributed by atoms with E-state index in [4.69, 9.17) is 5.73 Å². The van der Waals surface area contributed by atoms with E-state index in [1.807, 2.05) is 43.1 Å². The van der Waals surface area contributed by atoms with Crippen LogP contribution in [0.1, 0.15) is 24.1 Å². The van der Waals surface area contributed by atoms with Gasteiger partial charge in [0.15, 0.2) is 0 Å². The summed E-state index contributed by atoms with van der Waals surface area (Å²) < 4.78 is 14.1. The quantitative estimate of drug-likeness (QED) is 0.902. The standard InChI is InChI=1S/C17H21FN2/c1-13(19)15-8-9-17(16(18)12-15)20(2)11-10-14-6-4-3-5-7-14/h3-9,12-13H,10-11,19H2,1-2H3. The second-order valence-corrected chi connectivity index (χ2v) is 5.16. The molecule has 0 heterocycles. The van der Waals surface area contributed by atoms with Gasteiger partial charge in [-0.25, -0.2) is 4.39 Å². The molecule has 2 aromatic carbocycles. The van der Waals surface area contributed by atoms with Gasteiger partial charge in [0.25, 0.3) is 0 Å². The minimum atomic E-state index is -0.213. The molecule has 2 nitrogen and oxygen atoms in total. The summed E-state index contributed by atoms with van der Waals surface area (Å²) in [5, 5.41) is 0. The summed E-state index contributed by atoms with van der Waals surface area (Å²) in [7, 11) is 1.91. The predicted molar refractivity (Wildman–Crippen MR) is 82.4 cm³/mol. The van der Waals surface area contributed by atoms with Crippen molar-refractivity contribution in [1.29, 1.82) is 0 Å². The van der Waals surface area contributed by atoms with Gasteiger partial charge in [-0.3, -0.25) is 0 Å². The maximum absolute atomic E-state index is 14.1. The first-order valence-corrected chi connectivity index (χ1v) is 6.88. The van der Waals surface area contributed by atoms with Crippen molar-refractivity contribution < 1.29 is 4.39 Å². The number of hydrogen-bond donors (Lipinski definition) is 1. The predicted octanol–water partition coefficient (Wildman–Crippen LogP) is 3.52. The van der Waals surface area contributed by atoms with E-state index < -0.39 is 0 Å². The first kappa shape index (κ1) is 14.5. The van der Waals surface area contributed by atoms with Gasteiger partial charge in [0, 0.05) is 19.6 Å². The van der Waals surface area contributed by atoms with Crippen molar-refractivity contribution in [3.8, 4) is 0 Å². The molecule has 2 rings (SSSR count). The van der Waals surface area contributed by atoms with E-state index in [0.717, 1.165) is 18.5 Å². The second kappa shape index (κ2) is 6.53. The Morgan fingerprint density at radius 3 is 2.45 bits per heavy atom. The van der Waals surface area contributed by atoms with Gasteiger partial charge in [0.2, 0.25) is 0 Å². The lowest BCUT2D eigenvalue weighted by atomic mass is 10.1. The first-order valence-electron chi connectivity index (χ1n) is 6.88. The van der Waals surface area contributed by atoms with Crippen LogP contribution in [0.2, 0.25) is 0 Å². The van der Waals surface area contributed by atoms with Crippen LogP contribution >= 0.6 is 0 Å². The lowest BCUT2D eigenvalue weighted by Gasteiger charge is -2.21. The molecule has 106 valence electrons. The number of anilines is 1. The molecule has 0 amide bonds. The zero-order valence-electron chi connectivity index (χ0n) is 12.0. The number of rotatable bonds is 5. The summed E-state index contributed by atoms with van der Waals surface area (Å²) in [6.07, 6.45) is 0.895. The number of nitrogens with two attached hydrogens (primary N) is 1. The highest BCUT2D eigenvalue weighted by Crippen LogP contribution is 2.22. The van der Waals surface area contributed by atoms with Crippen LogP contribution in [0.4, 0.5) is 10.1 Å². The number of benzene rings is 2. The van der Waals surface area contributed by atoms with E-state index in [-0.39, 0.29) is 11.9 Å². The van der Waals surface area contributed by atoms with E-state index >= 15 is 0 Å². The maximum Gasteiger partial charge on any atom is 0.146 e. The van der Waals surface area contributed by atoms with Crippen LogP contribution in [0.15, 0.2) is 48.5 Å². The summed E-state index contributed by atoms with van der Waals surface area (Å²) in [5.41, 5.74) is 8.46. The molecule has 3 heteroatoms. The normalized spacial score (nSPS) is 12.2. The van der Waals surface area contributed by atoms with Gasteiger partial charge in [-0.15, -0.1) is 0 Å². The molecule has 0 radical (unpaired) electrons. The zero-order valence-corrected chi connectivity index (χ0v) is 12.0. The van der Waals surface area contributed by atoms with Crippen LogP contribution in [0, 0.1) is 5.82 Å². The molecule has 0 aromatic heterocycles. The number of nitrogens with zero attached hydrogens (tertiary/aromatic N) is 1. The Hall–Kier alpha value is -1.87. The van der Waals surface area contributed by atoms with Crippen molar-refractivity contribution in [3.05, 3.63) is 65.5 Å². The topological polar surface area (TPSA) is 29.3 Å². The summed E-state index contributed by atoms with van der Waals surface area (Å²) in [4.78, 5) is 1.94. The van der Waals surface area contributed by atoms with E-state index in [0.29, 0.717) is 5.69 Å². The molecule has 0 aliphatic rings. The van der Waals surface area contributed by atoms with Crippen molar-refractivity contribution in [2.45, 2.75) is 19.4 Å². The fraction of sp³-hybridized carbons (Fsp3) is 0.294. The van der Waals surface area contributed by atoms with Gasteiger partial charge < -0.3 is 10.6 Å². The molecule has 0 saturated heterocycles. The van der Waals surface area contributed by atoms with Crippen molar-refractivity contribution in [3.63, 3.8) is 0 Å². The Kier molecular flexibility index (Phi) is 4.74. The maximum atomic E-state index is 14.1. The van der Waals surface area contributed by atoms with Crippen LogP contribution in [-0.4, -0.2) is 13.6 Å². The van der Waals surface area contributed by atoms with Crippen LogP contribution in [-0.2, 0) is 6.42 Å². The van der Waals surface area contributed by atoms with Gasteiger partial charge in [0.05, 0.1) is 5.69 Å². The fourth-order valence-corrected chi connectivity index (χ4v) is 2.18. The van der Waals surface area contributed by atoms with Gasteiger partial charge in [-0.1, -0.05) is 36.4 Å². The van der Waals surface area contributed by atoms with Crippen LogP contribution in [0.3, 0.4) is 0 Å². The van der Waals surface area contributed by atoms with Gasteiger partial charge >= 0.3 is 0 Å². The molecule has 2 N–H and O–H groups in total. The highest BCUT2D eigenvalue weighted by atomic mass is 19.1. The SMILES string of the molecule is CC(N)c1ccc(N(C)CCc2ccccc2)c(F)c1. The summed E-state index contributed by atoms with van der Waals surface area (Å²) in [6, 6.07) is 15.3. The van der Waals surface area contributed by atoms with E-state index in [1.54, 1.807) is 6.07 Å². The lowest BCUT2D eigenvalue weighted by Crippen LogP contribution is -2.21. The van der Waals surface area contributed by atoms with Crippen LogP contribution in [0.5, 0.6) is 0 Å². The fourth-order valence-electron chi connectivity index (χ4n) is 2.18. The van der Waals surface area contributed by atoms with E-state index in [1.165, 1.54) is 11.6 Å². The number of hydrogen-bond acceptors (Lipinski definition) is 2. The van der Waals surface area contributed by atoms with Crippen molar-refractivity contribution in [2.24, 2.45) is 5.73 Å². The Morgan fingerprint density at radius 1 is 1.15 bits per heavy atom. The molecule has 0 bridgehead atoms. The highest BCUT2D eigenvalue weighted by Gasteiger charge is 2.10. The van der Waals surface area contributed by atoms with Crippen molar-refractivity contribution >= 4 is 5.69 Å². The van der Waals surface area contributed by atoms with E-state index in [9.17, 15) is 4.39 Å². The summed E-state index contributed by atoms with van der Waals surface area (Å²) >= 11 is 0. The molecule has 20 heavy (non-hydrogen) atoms. The largest absolute Gasteiger partial charge is 0.372 e. The molecule has 0 aliphatic heterocycles. The molecular formula is C17H21FN2. The molecular weight excluding hydrogens is 251 g/mol. The molecule has 0 spiro atoms. The highest BCUT2D eigenvalue weighted by molar-refractivity contribution is 5.49. The van der Waals surface area contributed by atoms with Gasteiger partial charge in [-0.05, 0) is 36.6 Å². The molecule has 2 aromatic rings. The van der Waals surface area contributed by atoms with Gasteiger partial charge in [-0.2, -0.15) is 0 Å². The van der Waals surface area contributed by atoms with Gasteiger partial charge in [0.1, 0.15) is 5.82 Å². The average molecular weight is 272 g/mol. The second-order valence-electron chi connectivity index (χ2n) is 5.16. The summed E-state index contributed by atoms with van der Waals surface area (Å²) in [6.45, 7) is 2.63. The Bertz CT molecular complexity index is 552. The lowest BCUT2D eigenvalue weighted by molar-refractivity contribution is 0.617. The first-order chi connectivity index (χ1) is 9.58. The minimum absolute atomic E-state index is 0.145. The zero-order chi connectivity index (χ0) is 14.5. The Morgan fingerprint density at radius 2 is 1.85 bits per heavy atom. The molecule has 1 atom stereocenters. The third kappa shape index (κ3) is 3.58. The molecule has 0 saturated carbocycles. The number of halogens is 1. The van der Waals surface area contributed by atoms with Crippen molar-refractivity contribution in [2.75, 3.05) is 18.5 Å². The monoisotopic (exact) mass is 272 g/mol. The molecule has 0 aliphatic carbocycles. The molecule has 0 fully saturated rings. The van der Waals surface area contributed by atoms with Crippen LogP contribution in [0.25, 0.3) is 0 Å². The Labute approximate surface area is 120 Å². The summed E-state index contributed by atoms with van der Waals surface area (Å²) in [5.74, 6) is -0.213. The smallest absolute Gasteiger partial charge is 0.146 e. The van der Waals surface area contributed by atoms with Crippen LogP contribution < -0.4 is 10.6 Å². The third-order valence-corrected chi connectivity index (χ3v) is 3.49. The number of likely N-dealkylation sites (N-methyl/N-ethyl adjacent to an activating group) is 1. The van der Waals surface area contributed by atoms with E-state index in [2.05, 4.69) is 12.1 Å². The van der Waals surface area contributed by atoms with Crippen molar-refractivity contribution in [1.82, 2.24) is 0 Å². The average Bonchev–Trinajstić information content (AvgIpc) is 2.45. The minimum Gasteiger partial charge on any atom is -0.372 e. The molecule has 1 unspecified atom stereocenters. The third-order valence-electron chi connectivity index (χ3n) is 3.49.